The van der Waals surface area contributed by atoms with E-state index in [1.54, 1.807) is 0 Å². The monoisotopic (exact) mass is 169 g/mol. The largest absolute Gasteiger partial charge is 0.300 e. The van der Waals surface area contributed by atoms with Crippen molar-refractivity contribution < 1.29 is 0 Å². The van der Waals surface area contributed by atoms with Gasteiger partial charge in [-0.2, -0.15) is 0 Å². The minimum absolute atomic E-state index is 0.530. The Labute approximate surface area is 77.1 Å². The Morgan fingerprint density at radius 1 is 1.33 bits per heavy atom. The van der Waals surface area contributed by atoms with Gasteiger partial charge >= 0.3 is 0 Å². The summed E-state index contributed by atoms with van der Waals surface area (Å²) in [5.41, 5.74) is 0.530. The Bertz CT molecular complexity index is 149. The SMILES string of the molecule is CC1CN(C(C)C)CC(C)(C)C1. The zero-order valence-electron chi connectivity index (χ0n) is 9.22. The molecule has 0 amide bonds. The predicted octanol–water partition coefficient (Wildman–Crippen LogP) is 2.76. The summed E-state index contributed by atoms with van der Waals surface area (Å²) in [4.78, 5) is 2.61. The molecule has 1 atom stereocenters. The van der Waals surface area contributed by atoms with E-state index in [1.165, 1.54) is 19.5 Å². The number of hydrogen-bond donors (Lipinski definition) is 0. The molecule has 1 unspecified atom stereocenters. The van der Waals surface area contributed by atoms with E-state index in [-0.39, 0.29) is 0 Å². The van der Waals surface area contributed by atoms with E-state index in [0.717, 1.165) is 5.92 Å². The normalized spacial score (nSPS) is 31.0. The first-order valence-electron chi connectivity index (χ1n) is 5.15. The predicted molar refractivity (Wildman–Crippen MR) is 54.3 cm³/mol. The molecule has 0 aliphatic carbocycles. The van der Waals surface area contributed by atoms with E-state index in [0.29, 0.717) is 11.5 Å². The highest BCUT2D eigenvalue weighted by Crippen LogP contribution is 2.32. The van der Waals surface area contributed by atoms with Gasteiger partial charge in [0, 0.05) is 19.1 Å². The lowest BCUT2D eigenvalue weighted by Crippen LogP contribution is -2.46. The van der Waals surface area contributed by atoms with Crippen LogP contribution in [-0.4, -0.2) is 24.0 Å². The van der Waals surface area contributed by atoms with Crippen LogP contribution in [-0.2, 0) is 0 Å². The summed E-state index contributed by atoms with van der Waals surface area (Å²) in [6.45, 7) is 14.3. The van der Waals surface area contributed by atoms with Crippen LogP contribution >= 0.6 is 0 Å². The Morgan fingerprint density at radius 3 is 2.33 bits per heavy atom. The summed E-state index contributed by atoms with van der Waals surface area (Å²) < 4.78 is 0. The van der Waals surface area contributed by atoms with Crippen LogP contribution in [0.4, 0.5) is 0 Å². The molecule has 1 fully saturated rings. The molecule has 12 heavy (non-hydrogen) atoms. The lowest BCUT2D eigenvalue weighted by atomic mass is 9.79. The fourth-order valence-corrected chi connectivity index (χ4v) is 2.48. The van der Waals surface area contributed by atoms with E-state index in [9.17, 15) is 0 Å². The van der Waals surface area contributed by atoms with Crippen molar-refractivity contribution >= 4 is 0 Å². The standard InChI is InChI=1S/C11H23N/c1-9(2)12-7-10(3)6-11(4,5)8-12/h9-10H,6-8H2,1-5H3. The number of hydrogen-bond acceptors (Lipinski definition) is 1. The lowest BCUT2D eigenvalue weighted by Gasteiger charge is -2.43. The fourth-order valence-electron chi connectivity index (χ4n) is 2.48. The quantitative estimate of drug-likeness (QED) is 0.583. The first kappa shape index (κ1) is 10.0. The van der Waals surface area contributed by atoms with Crippen molar-refractivity contribution in [3.8, 4) is 0 Å². The molecule has 1 rings (SSSR count). The van der Waals surface area contributed by atoms with Crippen molar-refractivity contribution in [3.05, 3.63) is 0 Å². The van der Waals surface area contributed by atoms with Crippen LogP contribution in [0.15, 0.2) is 0 Å². The van der Waals surface area contributed by atoms with Crippen LogP contribution in [0.25, 0.3) is 0 Å². The van der Waals surface area contributed by atoms with Crippen LogP contribution in [0.3, 0.4) is 0 Å². The summed E-state index contributed by atoms with van der Waals surface area (Å²) in [7, 11) is 0. The molecule has 1 nitrogen and oxygen atoms in total. The van der Waals surface area contributed by atoms with Gasteiger partial charge in [0.05, 0.1) is 0 Å². The molecule has 1 aliphatic heterocycles. The maximum Gasteiger partial charge on any atom is 0.00389 e. The minimum Gasteiger partial charge on any atom is -0.300 e. The second-order valence-electron chi connectivity index (χ2n) is 5.50. The van der Waals surface area contributed by atoms with E-state index in [2.05, 4.69) is 39.5 Å². The maximum atomic E-state index is 2.61. The van der Waals surface area contributed by atoms with Crippen molar-refractivity contribution in [2.75, 3.05) is 13.1 Å². The van der Waals surface area contributed by atoms with Gasteiger partial charge in [-0.1, -0.05) is 20.8 Å². The van der Waals surface area contributed by atoms with Crippen molar-refractivity contribution in [3.63, 3.8) is 0 Å². The number of rotatable bonds is 1. The average molecular weight is 169 g/mol. The topological polar surface area (TPSA) is 3.24 Å². The molecule has 1 saturated heterocycles. The average Bonchev–Trinajstić information content (AvgIpc) is 1.82. The third-order valence-electron chi connectivity index (χ3n) is 2.81. The first-order valence-corrected chi connectivity index (χ1v) is 5.15. The van der Waals surface area contributed by atoms with Gasteiger partial charge in [-0.05, 0) is 31.6 Å². The molecule has 0 aromatic heterocycles. The molecular formula is C11H23N. The van der Waals surface area contributed by atoms with Crippen molar-refractivity contribution in [1.29, 1.82) is 0 Å². The molecule has 0 aromatic carbocycles. The molecule has 72 valence electrons. The van der Waals surface area contributed by atoms with Crippen LogP contribution in [0.5, 0.6) is 0 Å². The summed E-state index contributed by atoms with van der Waals surface area (Å²) in [5.74, 6) is 0.871. The maximum absolute atomic E-state index is 2.61. The van der Waals surface area contributed by atoms with Crippen LogP contribution in [0.1, 0.15) is 41.0 Å². The molecule has 1 heteroatoms. The Kier molecular flexibility index (Phi) is 2.82. The highest BCUT2D eigenvalue weighted by molar-refractivity contribution is 4.84. The third-order valence-corrected chi connectivity index (χ3v) is 2.81. The van der Waals surface area contributed by atoms with Gasteiger partial charge in [-0.3, -0.25) is 0 Å². The molecule has 0 bridgehead atoms. The highest BCUT2D eigenvalue weighted by Gasteiger charge is 2.31. The molecule has 0 radical (unpaired) electrons. The van der Waals surface area contributed by atoms with Gasteiger partial charge in [-0.15, -0.1) is 0 Å². The van der Waals surface area contributed by atoms with E-state index in [1.807, 2.05) is 0 Å². The van der Waals surface area contributed by atoms with Crippen LogP contribution in [0.2, 0.25) is 0 Å². The Morgan fingerprint density at radius 2 is 1.92 bits per heavy atom. The second-order valence-corrected chi connectivity index (χ2v) is 5.50. The van der Waals surface area contributed by atoms with Gasteiger partial charge in [0.25, 0.3) is 0 Å². The molecular weight excluding hydrogens is 146 g/mol. The number of nitrogens with zero attached hydrogens (tertiary/aromatic N) is 1. The smallest absolute Gasteiger partial charge is 0.00389 e. The zero-order chi connectivity index (χ0) is 9.35. The summed E-state index contributed by atoms with van der Waals surface area (Å²) in [6.07, 6.45) is 1.39. The third kappa shape index (κ3) is 2.48. The number of piperidine rings is 1. The highest BCUT2D eigenvalue weighted by atomic mass is 15.2. The lowest BCUT2D eigenvalue weighted by molar-refractivity contribution is 0.0572. The van der Waals surface area contributed by atoms with Crippen molar-refractivity contribution in [1.82, 2.24) is 4.90 Å². The van der Waals surface area contributed by atoms with E-state index < -0.39 is 0 Å². The molecule has 0 spiro atoms. The summed E-state index contributed by atoms with van der Waals surface area (Å²) >= 11 is 0. The van der Waals surface area contributed by atoms with E-state index in [4.69, 9.17) is 0 Å². The van der Waals surface area contributed by atoms with E-state index >= 15 is 0 Å². The zero-order valence-corrected chi connectivity index (χ0v) is 9.22. The van der Waals surface area contributed by atoms with Crippen molar-refractivity contribution in [2.24, 2.45) is 11.3 Å². The molecule has 0 aromatic rings. The fraction of sp³-hybridized carbons (Fsp3) is 1.00. The summed E-state index contributed by atoms with van der Waals surface area (Å²) in [6, 6.07) is 0.715. The molecule has 0 N–H and O–H groups in total. The van der Waals surface area contributed by atoms with Gasteiger partial charge in [0.1, 0.15) is 0 Å². The van der Waals surface area contributed by atoms with Crippen LogP contribution in [0, 0.1) is 11.3 Å². The summed E-state index contributed by atoms with van der Waals surface area (Å²) in [5, 5.41) is 0. The Hall–Kier alpha value is -0.0400. The van der Waals surface area contributed by atoms with Crippen LogP contribution < -0.4 is 0 Å². The molecule has 0 saturated carbocycles. The Balaban J connectivity index is 2.58. The second kappa shape index (κ2) is 3.37. The molecule has 1 aliphatic rings. The number of likely N-dealkylation sites (tertiary alicyclic amines) is 1. The van der Waals surface area contributed by atoms with Gasteiger partial charge in [0.15, 0.2) is 0 Å². The minimum atomic E-state index is 0.530. The molecule has 1 heterocycles. The van der Waals surface area contributed by atoms with Gasteiger partial charge < -0.3 is 4.90 Å². The van der Waals surface area contributed by atoms with Crippen molar-refractivity contribution in [2.45, 2.75) is 47.1 Å². The first-order chi connectivity index (χ1) is 5.41. The van der Waals surface area contributed by atoms with Gasteiger partial charge in [0.2, 0.25) is 0 Å². The van der Waals surface area contributed by atoms with Gasteiger partial charge in [-0.25, -0.2) is 0 Å².